The average molecular weight is 308 g/mol. The van der Waals surface area contributed by atoms with Crippen molar-refractivity contribution >= 4 is 21.8 Å². The molecule has 0 unspecified atom stereocenters. The first kappa shape index (κ1) is 12.8. The van der Waals surface area contributed by atoms with Crippen molar-refractivity contribution in [2.45, 2.75) is 6.42 Å². The number of nitrogens with zero attached hydrogens (tertiary/aromatic N) is 2. The Morgan fingerprint density at radius 2 is 2.06 bits per heavy atom. The summed E-state index contributed by atoms with van der Waals surface area (Å²) in [5.41, 5.74) is 1.65. The van der Waals surface area contributed by atoms with Crippen molar-refractivity contribution in [1.29, 1.82) is 0 Å². The molecule has 1 aromatic heterocycles. The third-order valence-electron chi connectivity index (χ3n) is 2.54. The first-order chi connectivity index (χ1) is 8.65. The van der Waals surface area contributed by atoms with E-state index in [0.29, 0.717) is 12.1 Å². The number of amides is 1. The van der Waals surface area contributed by atoms with Gasteiger partial charge in [0.05, 0.1) is 5.69 Å². The van der Waals surface area contributed by atoms with E-state index in [1.807, 2.05) is 31.4 Å². The molecule has 1 amide bonds. The van der Waals surface area contributed by atoms with Gasteiger partial charge in [-0.15, -0.1) is 0 Å². The summed E-state index contributed by atoms with van der Waals surface area (Å²) >= 11 is 3.34. The minimum Gasteiger partial charge on any atom is -0.352 e. The second kappa shape index (κ2) is 5.82. The van der Waals surface area contributed by atoms with Crippen molar-refractivity contribution in [2.75, 3.05) is 6.54 Å². The zero-order valence-corrected chi connectivity index (χ0v) is 11.6. The zero-order chi connectivity index (χ0) is 13.0. The highest BCUT2D eigenvalue weighted by molar-refractivity contribution is 9.10. The summed E-state index contributed by atoms with van der Waals surface area (Å²) < 4.78 is 2.72. The maximum absolute atomic E-state index is 11.8. The molecule has 0 atom stereocenters. The van der Waals surface area contributed by atoms with E-state index in [2.05, 4.69) is 26.3 Å². The van der Waals surface area contributed by atoms with Crippen molar-refractivity contribution in [3.8, 4) is 0 Å². The summed E-state index contributed by atoms with van der Waals surface area (Å²) in [6, 6.07) is 9.24. The van der Waals surface area contributed by atoms with Crippen LogP contribution in [0.15, 0.2) is 41.0 Å². The SMILES string of the molecule is Cn1ccc(CCNC(=O)c2ccc(Br)cc2)n1. The van der Waals surface area contributed by atoms with E-state index in [1.54, 1.807) is 16.8 Å². The number of carbonyl (C=O) groups excluding carboxylic acids is 1. The highest BCUT2D eigenvalue weighted by Gasteiger charge is 2.04. The van der Waals surface area contributed by atoms with Crippen molar-refractivity contribution < 1.29 is 4.79 Å². The first-order valence-electron chi connectivity index (χ1n) is 5.67. The Balaban J connectivity index is 1.83. The Labute approximate surface area is 114 Å². The van der Waals surface area contributed by atoms with Crippen molar-refractivity contribution in [1.82, 2.24) is 15.1 Å². The van der Waals surface area contributed by atoms with Gasteiger partial charge in [0.1, 0.15) is 0 Å². The van der Waals surface area contributed by atoms with Gasteiger partial charge in [-0.3, -0.25) is 9.48 Å². The molecule has 18 heavy (non-hydrogen) atoms. The van der Waals surface area contributed by atoms with Gasteiger partial charge in [0, 0.05) is 36.2 Å². The molecule has 1 N–H and O–H groups in total. The fourth-order valence-corrected chi connectivity index (χ4v) is 1.87. The Hall–Kier alpha value is -1.62. The van der Waals surface area contributed by atoms with Crippen LogP contribution in [0.5, 0.6) is 0 Å². The van der Waals surface area contributed by atoms with Crippen LogP contribution in [0.25, 0.3) is 0 Å². The number of carbonyl (C=O) groups is 1. The lowest BCUT2D eigenvalue weighted by Crippen LogP contribution is -2.25. The molecular weight excluding hydrogens is 294 g/mol. The van der Waals surface area contributed by atoms with Crippen LogP contribution in [0.3, 0.4) is 0 Å². The van der Waals surface area contributed by atoms with E-state index in [0.717, 1.165) is 16.6 Å². The van der Waals surface area contributed by atoms with Gasteiger partial charge < -0.3 is 5.32 Å². The standard InChI is InChI=1S/C13H14BrN3O/c1-17-9-7-12(16-17)6-8-15-13(18)10-2-4-11(14)5-3-10/h2-5,7,9H,6,8H2,1H3,(H,15,18). The van der Waals surface area contributed by atoms with E-state index < -0.39 is 0 Å². The van der Waals surface area contributed by atoms with Crippen molar-refractivity contribution in [2.24, 2.45) is 7.05 Å². The molecule has 0 bridgehead atoms. The molecule has 0 radical (unpaired) electrons. The molecule has 2 aromatic rings. The van der Waals surface area contributed by atoms with Gasteiger partial charge in [0.25, 0.3) is 5.91 Å². The molecular formula is C13H14BrN3O. The molecule has 0 aliphatic carbocycles. The Bertz CT molecular complexity index is 533. The normalized spacial score (nSPS) is 10.3. The van der Waals surface area contributed by atoms with E-state index >= 15 is 0 Å². The molecule has 1 aromatic carbocycles. The fraction of sp³-hybridized carbons (Fsp3) is 0.231. The van der Waals surface area contributed by atoms with Gasteiger partial charge in [-0.1, -0.05) is 15.9 Å². The van der Waals surface area contributed by atoms with Crippen molar-refractivity contribution in [3.63, 3.8) is 0 Å². The summed E-state index contributed by atoms with van der Waals surface area (Å²) in [7, 11) is 1.88. The minimum atomic E-state index is -0.0570. The van der Waals surface area contributed by atoms with Crippen LogP contribution >= 0.6 is 15.9 Å². The summed E-state index contributed by atoms with van der Waals surface area (Å²) in [6.45, 7) is 0.589. The smallest absolute Gasteiger partial charge is 0.251 e. The summed E-state index contributed by atoms with van der Waals surface area (Å²) in [5.74, 6) is -0.0570. The first-order valence-corrected chi connectivity index (χ1v) is 6.47. The Morgan fingerprint density at radius 3 is 2.67 bits per heavy atom. The fourth-order valence-electron chi connectivity index (χ4n) is 1.60. The monoisotopic (exact) mass is 307 g/mol. The molecule has 0 spiro atoms. The molecule has 4 nitrogen and oxygen atoms in total. The second-order valence-electron chi connectivity index (χ2n) is 3.99. The van der Waals surface area contributed by atoms with Crippen LogP contribution in [0.1, 0.15) is 16.1 Å². The summed E-state index contributed by atoms with van der Waals surface area (Å²) in [6.07, 6.45) is 2.63. The average Bonchev–Trinajstić information content (AvgIpc) is 2.76. The lowest BCUT2D eigenvalue weighted by atomic mass is 10.2. The maximum Gasteiger partial charge on any atom is 0.251 e. The predicted molar refractivity (Wildman–Crippen MR) is 73.4 cm³/mol. The van der Waals surface area contributed by atoms with Crippen LogP contribution in [0.4, 0.5) is 0 Å². The van der Waals surface area contributed by atoms with E-state index in [4.69, 9.17) is 0 Å². The Kier molecular flexibility index (Phi) is 4.15. The number of halogens is 1. The molecule has 0 fully saturated rings. The highest BCUT2D eigenvalue weighted by Crippen LogP contribution is 2.10. The largest absolute Gasteiger partial charge is 0.352 e. The lowest BCUT2D eigenvalue weighted by molar-refractivity contribution is 0.0954. The third-order valence-corrected chi connectivity index (χ3v) is 3.07. The lowest BCUT2D eigenvalue weighted by Gasteiger charge is -2.04. The van der Waals surface area contributed by atoms with E-state index in [1.165, 1.54) is 0 Å². The van der Waals surface area contributed by atoms with Crippen LogP contribution in [-0.2, 0) is 13.5 Å². The van der Waals surface area contributed by atoms with Gasteiger partial charge in [-0.05, 0) is 30.3 Å². The second-order valence-corrected chi connectivity index (χ2v) is 4.91. The molecule has 0 saturated heterocycles. The predicted octanol–water partition coefficient (Wildman–Crippen LogP) is 2.16. The molecule has 0 saturated carbocycles. The number of aryl methyl sites for hydroxylation is 1. The molecule has 5 heteroatoms. The van der Waals surface area contributed by atoms with Crippen LogP contribution in [-0.4, -0.2) is 22.2 Å². The van der Waals surface area contributed by atoms with Crippen LogP contribution < -0.4 is 5.32 Å². The number of nitrogens with one attached hydrogen (secondary N) is 1. The number of hydrogen-bond acceptors (Lipinski definition) is 2. The molecule has 94 valence electrons. The topological polar surface area (TPSA) is 46.9 Å². The highest BCUT2D eigenvalue weighted by atomic mass is 79.9. The number of rotatable bonds is 4. The van der Waals surface area contributed by atoms with Gasteiger partial charge in [-0.2, -0.15) is 5.10 Å². The zero-order valence-electron chi connectivity index (χ0n) is 10.1. The summed E-state index contributed by atoms with van der Waals surface area (Å²) in [5, 5.41) is 7.12. The number of hydrogen-bond donors (Lipinski definition) is 1. The van der Waals surface area contributed by atoms with Crippen molar-refractivity contribution in [3.05, 3.63) is 52.3 Å². The number of benzene rings is 1. The molecule has 0 aliphatic rings. The van der Waals surface area contributed by atoms with E-state index in [-0.39, 0.29) is 5.91 Å². The van der Waals surface area contributed by atoms with Gasteiger partial charge in [0.2, 0.25) is 0 Å². The van der Waals surface area contributed by atoms with Crippen LogP contribution in [0, 0.1) is 0 Å². The number of aromatic nitrogens is 2. The molecule has 1 heterocycles. The van der Waals surface area contributed by atoms with Gasteiger partial charge >= 0.3 is 0 Å². The van der Waals surface area contributed by atoms with Gasteiger partial charge in [0.15, 0.2) is 0 Å². The quantitative estimate of drug-likeness (QED) is 0.941. The van der Waals surface area contributed by atoms with E-state index in [9.17, 15) is 4.79 Å². The molecule has 2 rings (SSSR count). The maximum atomic E-state index is 11.8. The minimum absolute atomic E-state index is 0.0570. The van der Waals surface area contributed by atoms with Gasteiger partial charge in [-0.25, -0.2) is 0 Å². The molecule has 0 aliphatic heterocycles. The van der Waals surface area contributed by atoms with Crippen LogP contribution in [0.2, 0.25) is 0 Å². The Morgan fingerprint density at radius 1 is 1.33 bits per heavy atom. The third kappa shape index (κ3) is 3.43. The summed E-state index contributed by atoms with van der Waals surface area (Å²) in [4.78, 5) is 11.8.